The second kappa shape index (κ2) is 5.58. The Morgan fingerprint density at radius 1 is 1.22 bits per heavy atom. The Morgan fingerprint density at radius 3 is 2.78 bits per heavy atom. The molecule has 23 heavy (non-hydrogen) atoms. The third-order valence-corrected chi connectivity index (χ3v) is 4.73. The van der Waals surface area contributed by atoms with E-state index in [1.165, 1.54) is 11.5 Å². The number of carbonyl (C=O) groups excluding carboxylic acids is 1. The quantitative estimate of drug-likeness (QED) is 0.726. The highest BCUT2D eigenvalue weighted by Gasteiger charge is 2.30. The van der Waals surface area contributed by atoms with Crippen molar-refractivity contribution in [3.8, 4) is 11.4 Å². The molecule has 4 rings (SSSR count). The largest absolute Gasteiger partial charge is 0.328 e. The first-order valence-corrected chi connectivity index (χ1v) is 8.20. The number of rotatable bonds is 2. The lowest BCUT2D eigenvalue weighted by molar-refractivity contribution is 0.0687. The molecular formula is C16H15N5OS. The van der Waals surface area contributed by atoms with E-state index in [9.17, 15) is 4.79 Å². The Bertz CT molecular complexity index is 828. The third kappa shape index (κ3) is 2.43. The zero-order valence-corrected chi connectivity index (χ0v) is 13.4. The number of carbonyl (C=O) groups is 1. The summed E-state index contributed by atoms with van der Waals surface area (Å²) in [4.78, 5) is 15.0. The fraction of sp³-hybridized carbons (Fsp3) is 0.250. The minimum Gasteiger partial charge on any atom is -0.328 e. The summed E-state index contributed by atoms with van der Waals surface area (Å²) in [6.07, 6.45) is 1.65. The fourth-order valence-corrected chi connectivity index (χ4v) is 3.52. The van der Waals surface area contributed by atoms with Gasteiger partial charge in [0.2, 0.25) is 0 Å². The van der Waals surface area contributed by atoms with Crippen molar-refractivity contribution in [1.29, 1.82) is 0 Å². The molecule has 2 aromatic heterocycles. The minimum absolute atomic E-state index is 0.00913. The smallest absolute Gasteiger partial charge is 0.266 e. The molecule has 0 spiro atoms. The van der Waals surface area contributed by atoms with Crippen LogP contribution in [0.1, 0.15) is 28.5 Å². The normalized spacial score (nSPS) is 17.1. The van der Waals surface area contributed by atoms with Crippen LogP contribution in [0.4, 0.5) is 0 Å². The predicted octanol–water partition coefficient (Wildman–Crippen LogP) is 2.62. The fourth-order valence-electron chi connectivity index (χ4n) is 2.95. The highest BCUT2D eigenvalue weighted by atomic mass is 32.1. The lowest BCUT2D eigenvalue weighted by Gasteiger charge is -2.32. The summed E-state index contributed by atoms with van der Waals surface area (Å²) in [5.41, 5.74) is 1.04. The van der Waals surface area contributed by atoms with E-state index in [0.29, 0.717) is 18.0 Å². The minimum atomic E-state index is 0.00913. The van der Waals surface area contributed by atoms with Crippen LogP contribution in [0.5, 0.6) is 0 Å². The van der Waals surface area contributed by atoms with Crippen LogP contribution in [0, 0.1) is 0 Å². The van der Waals surface area contributed by atoms with Gasteiger partial charge in [-0.15, -0.1) is 10.2 Å². The number of nitrogens with zero attached hydrogens (tertiary/aromatic N) is 5. The van der Waals surface area contributed by atoms with Crippen LogP contribution in [0.3, 0.4) is 0 Å². The Morgan fingerprint density at radius 2 is 2.04 bits per heavy atom. The van der Waals surface area contributed by atoms with E-state index in [-0.39, 0.29) is 11.9 Å². The van der Waals surface area contributed by atoms with E-state index < -0.39 is 0 Å². The van der Waals surface area contributed by atoms with Crippen LogP contribution in [-0.2, 0) is 6.54 Å². The number of aromatic nitrogens is 4. The van der Waals surface area contributed by atoms with Crippen molar-refractivity contribution in [2.45, 2.75) is 19.5 Å². The van der Waals surface area contributed by atoms with E-state index in [1.807, 2.05) is 35.2 Å². The molecule has 1 atom stereocenters. The zero-order valence-electron chi connectivity index (χ0n) is 12.6. The van der Waals surface area contributed by atoms with Crippen molar-refractivity contribution in [1.82, 2.24) is 24.0 Å². The molecule has 1 aliphatic heterocycles. The van der Waals surface area contributed by atoms with Gasteiger partial charge in [-0.2, -0.15) is 0 Å². The first-order chi connectivity index (χ1) is 11.2. The molecule has 0 saturated carbocycles. The van der Waals surface area contributed by atoms with Gasteiger partial charge in [0.15, 0.2) is 11.6 Å². The van der Waals surface area contributed by atoms with Gasteiger partial charge in [-0.05, 0) is 24.5 Å². The van der Waals surface area contributed by atoms with Crippen LogP contribution < -0.4 is 0 Å². The number of hydrogen-bond acceptors (Lipinski definition) is 5. The van der Waals surface area contributed by atoms with Crippen molar-refractivity contribution in [2.24, 2.45) is 0 Å². The van der Waals surface area contributed by atoms with Gasteiger partial charge in [0, 0.05) is 18.3 Å². The molecule has 1 aliphatic rings. The summed E-state index contributed by atoms with van der Waals surface area (Å²) in [7, 11) is 0. The molecule has 0 N–H and O–H groups in total. The van der Waals surface area contributed by atoms with E-state index in [4.69, 9.17) is 0 Å². The average molecular weight is 325 g/mol. The Labute approximate surface area is 137 Å². The molecule has 116 valence electrons. The molecule has 0 bridgehead atoms. The molecule has 0 aliphatic carbocycles. The lowest BCUT2D eigenvalue weighted by atomic mass is 10.1. The maximum absolute atomic E-state index is 12.5. The maximum atomic E-state index is 12.5. The average Bonchev–Trinajstić information content (AvgIpc) is 3.24. The number of benzene rings is 1. The van der Waals surface area contributed by atoms with E-state index >= 15 is 0 Å². The number of hydrogen-bond donors (Lipinski definition) is 0. The van der Waals surface area contributed by atoms with Gasteiger partial charge in [0.05, 0.1) is 12.6 Å². The molecule has 1 amide bonds. The van der Waals surface area contributed by atoms with E-state index in [1.54, 1.807) is 12.3 Å². The molecule has 0 unspecified atom stereocenters. The monoisotopic (exact) mass is 325 g/mol. The van der Waals surface area contributed by atoms with Crippen LogP contribution in [0.15, 0.2) is 42.6 Å². The summed E-state index contributed by atoms with van der Waals surface area (Å²) in [6, 6.07) is 11.9. The summed E-state index contributed by atoms with van der Waals surface area (Å²) < 4.78 is 6.14. The Hall–Kier alpha value is -2.54. The van der Waals surface area contributed by atoms with Gasteiger partial charge in [0.1, 0.15) is 4.88 Å². The SMILES string of the molecule is C[C@H]1CN(C(=O)c2ccns2)Cc2nnc(-c3ccccc3)n21. The second-order valence-corrected chi connectivity index (χ2v) is 6.42. The summed E-state index contributed by atoms with van der Waals surface area (Å²) in [5.74, 6) is 1.69. The first-order valence-electron chi connectivity index (χ1n) is 7.43. The van der Waals surface area contributed by atoms with Gasteiger partial charge in [0.25, 0.3) is 5.91 Å². The van der Waals surface area contributed by atoms with Crippen LogP contribution in [0.2, 0.25) is 0 Å². The molecule has 7 heteroatoms. The van der Waals surface area contributed by atoms with Crippen molar-refractivity contribution in [3.05, 3.63) is 53.3 Å². The molecule has 3 heterocycles. The molecule has 6 nitrogen and oxygen atoms in total. The van der Waals surface area contributed by atoms with Gasteiger partial charge in [-0.25, -0.2) is 4.37 Å². The van der Waals surface area contributed by atoms with Crippen molar-refractivity contribution in [2.75, 3.05) is 6.54 Å². The molecule has 3 aromatic rings. The summed E-state index contributed by atoms with van der Waals surface area (Å²) in [6.45, 7) is 3.20. The van der Waals surface area contributed by atoms with Crippen LogP contribution in [0.25, 0.3) is 11.4 Å². The number of amides is 1. The van der Waals surface area contributed by atoms with Crippen molar-refractivity contribution < 1.29 is 4.79 Å². The molecule has 0 saturated heterocycles. The standard InChI is InChI=1S/C16H15N5OS/c1-11-9-20(16(22)13-7-8-17-23-13)10-14-18-19-15(21(11)14)12-5-3-2-4-6-12/h2-8,11H,9-10H2,1H3/t11-/m0/s1. The molecule has 0 fully saturated rings. The lowest BCUT2D eigenvalue weighted by Crippen LogP contribution is -2.40. The van der Waals surface area contributed by atoms with Gasteiger partial charge < -0.3 is 9.47 Å². The van der Waals surface area contributed by atoms with Crippen molar-refractivity contribution >= 4 is 17.4 Å². The summed E-state index contributed by atoms with van der Waals surface area (Å²) in [5, 5.41) is 8.64. The topological polar surface area (TPSA) is 63.9 Å². The second-order valence-electron chi connectivity index (χ2n) is 5.59. The molecular weight excluding hydrogens is 310 g/mol. The van der Waals surface area contributed by atoms with Crippen molar-refractivity contribution in [3.63, 3.8) is 0 Å². The maximum Gasteiger partial charge on any atom is 0.266 e. The van der Waals surface area contributed by atoms with E-state index in [2.05, 4.69) is 26.1 Å². The van der Waals surface area contributed by atoms with Crippen LogP contribution >= 0.6 is 11.5 Å². The first kappa shape index (κ1) is 14.1. The molecule has 0 radical (unpaired) electrons. The predicted molar refractivity (Wildman–Crippen MR) is 87.0 cm³/mol. The number of fused-ring (bicyclic) bond motifs is 1. The Balaban J connectivity index is 1.66. The van der Waals surface area contributed by atoms with Gasteiger partial charge >= 0.3 is 0 Å². The zero-order chi connectivity index (χ0) is 15.8. The summed E-state index contributed by atoms with van der Waals surface area (Å²) >= 11 is 1.23. The third-order valence-electron chi connectivity index (χ3n) is 3.99. The Kier molecular flexibility index (Phi) is 3.42. The highest BCUT2D eigenvalue weighted by molar-refractivity contribution is 7.08. The molecule has 1 aromatic carbocycles. The van der Waals surface area contributed by atoms with Gasteiger partial charge in [-0.1, -0.05) is 30.3 Å². The van der Waals surface area contributed by atoms with E-state index in [0.717, 1.165) is 17.2 Å². The van der Waals surface area contributed by atoms with Crippen LogP contribution in [-0.4, -0.2) is 36.5 Å². The van der Waals surface area contributed by atoms with Gasteiger partial charge in [-0.3, -0.25) is 4.79 Å². The highest BCUT2D eigenvalue weighted by Crippen LogP contribution is 2.28.